The van der Waals surface area contributed by atoms with Crippen LogP contribution in [-0.4, -0.2) is 22.2 Å². The first-order valence-corrected chi connectivity index (χ1v) is 5.89. The van der Waals surface area contributed by atoms with Crippen LogP contribution in [0.15, 0.2) is 30.6 Å². The lowest BCUT2D eigenvalue weighted by Gasteiger charge is -2.12. The molecule has 1 unspecified atom stereocenters. The van der Waals surface area contributed by atoms with E-state index in [1.165, 1.54) is 19.5 Å². The molecule has 0 spiro atoms. The van der Waals surface area contributed by atoms with E-state index in [0.717, 1.165) is 0 Å². The Hall–Kier alpha value is -2.01. The number of aliphatic hydroxyl groups is 1. The van der Waals surface area contributed by atoms with E-state index < -0.39 is 6.10 Å². The minimum Gasteiger partial charge on any atom is -0.481 e. The second kappa shape index (κ2) is 5.75. The smallest absolute Gasteiger partial charge is 0.216 e. The van der Waals surface area contributed by atoms with E-state index in [4.69, 9.17) is 4.74 Å². The number of benzene rings is 1. The zero-order valence-electron chi connectivity index (χ0n) is 10.8. The third-order valence-electron chi connectivity index (χ3n) is 2.88. The average molecular weight is 262 g/mol. The van der Waals surface area contributed by atoms with Gasteiger partial charge < -0.3 is 9.84 Å². The summed E-state index contributed by atoms with van der Waals surface area (Å²) in [6, 6.07) is 6.23. The number of hydrogen-bond donors (Lipinski definition) is 1. The molecule has 0 saturated carbocycles. The Morgan fingerprint density at radius 3 is 2.79 bits per heavy atom. The molecule has 1 aromatic carbocycles. The number of ether oxygens (including phenoxy) is 1. The van der Waals surface area contributed by atoms with Crippen molar-refractivity contribution in [2.45, 2.75) is 19.4 Å². The highest BCUT2D eigenvalue weighted by molar-refractivity contribution is 5.27. The highest BCUT2D eigenvalue weighted by Crippen LogP contribution is 2.20. The predicted octanol–water partition coefficient (Wildman–Crippen LogP) is 2.21. The summed E-state index contributed by atoms with van der Waals surface area (Å²) in [7, 11) is 1.52. The topological polar surface area (TPSA) is 55.2 Å². The third-order valence-corrected chi connectivity index (χ3v) is 2.88. The first kappa shape index (κ1) is 13.4. The highest BCUT2D eigenvalue weighted by Gasteiger charge is 2.11. The van der Waals surface area contributed by atoms with Crippen LogP contribution in [0.2, 0.25) is 0 Å². The van der Waals surface area contributed by atoms with Crippen molar-refractivity contribution in [3.8, 4) is 5.88 Å². The normalized spacial score (nSPS) is 12.2. The summed E-state index contributed by atoms with van der Waals surface area (Å²) in [5.74, 6) is 0.173. The van der Waals surface area contributed by atoms with E-state index in [-0.39, 0.29) is 5.82 Å². The number of rotatable bonds is 4. The van der Waals surface area contributed by atoms with Crippen molar-refractivity contribution >= 4 is 0 Å². The van der Waals surface area contributed by atoms with E-state index in [9.17, 15) is 9.50 Å². The van der Waals surface area contributed by atoms with E-state index in [1.54, 1.807) is 25.1 Å². The van der Waals surface area contributed by atoms with Gasteiger partial charge in [0.05, 0.1) is 18.9 Å². The Morgan fingerprint density at radius 2 is 2.11 bits per heavy atom. The Balaban J connectivity index is 2.15. The van der Waals surface area contributed by atoms with Crippen LogP contribution in [0.3, 0.4) is 0 Å². The van der Waals surface area contributed by atoms with Gasteiger partial charge in [0.1, 0.15) is 12.1 Å². The fourth-order valence-electron chi connectivity index (χ4n) is 1.79. The molecule has 0 saturated heterocycles. The molecule has 0 fully saturated rings. The van der Waals surface area contributed by atoms with Crippen LogP contribution in [0.1, 0.15) is 22.9 Å². The van der Waals surface area contributed by atoms with Crippen molar-refractivity contribution in [1.82, 2.24) is 9.97 Å². The first-order valence-electron chi connectivity index (χ1n) is 5.89. The van der Waals surface area contributed by atoms with Crippen molar-refractivity contribution in [3.63, 3.8) is 0 Å². The van der Waals surface area contributed by atoms with E-state index in [1.807, 2.05) is 0 Å². The quantitative estimate of drug-likeness (QED) is 0.917. The van der Waals surface area contributed by atoms with Gasteiger partial charge in [-0.3, -0.25) is 0 Å². The fraction of sp³-hybridized carbons (Fsp3) is 0.286. The minimum absolute atomic E-state index is 0.278. The molecule has 2 rings (SSSR count). The Kier molecular flexibility index (Phi) is 4.06. The summed E-state index contributed by atoms with van der Waals surface area (Å²) in [6.07, 6.45) is 0.972. The van der Waals surface area contributed by atoms with Gasteiger partial charge in [0, 0.05) is 12.5 Å². The molecule has 1 atom stereocenters. The number of aliphatic hydroxyl groups excluding tert-OH is 1. The summed E-state index contributed by atoms with van der Waals surface area (Å²) in [5, 5.41) is 10.1. The van der Waals surface area contributed by atoms with Crippen molar-refractivity contribution in [1.29, 1.82) is 0 Å². The maximum Gasteiger partial charge on any atom is 0.216 e. The van der Waals surface area contributed by atoms with Gasteiger partial charge >= 0.3 is 0 Å². The second-order valence-electron chi connectivity index (χ2n) is 4.28. The molecule has 1 N–H and O–H groups in total. The van der Waals surface area contributed by atoms with Gasteiger partial charge in [0.15, 0.2) is 0 Å². The molecule has 1 heterocycles. The molecular formula is C14H15FN2O2. The summed E-state index contributed by atoms with van der Waals surface area (Å²) in [5.41, 5.74) is 1.84. The number of aromatic nitrogens is 2. The van der Waals surface area contributed by atoms with E-state index in [2.05, 4.69) is 9.97 Å². The molecule has 5 heteroatoms. The van der Waals surface area contributed by atoms with E-state index in [0.29, 0.717) is 29.1 Å². The molecule has 1 aromatic heterocycles. The molecule has 0 aliphatic rings. The number of hydrogen-bond acceptors (Lipinski definition) is 4. The lowest BCUT2D eigenvalue weighted by molar-refractivity contribution is 0.177. The largest absolute Gasteiger partial charge is 0.481 e. The molecule has 0 radical (unpaired) electrons. The standard InChI is InChI=1S/C14H15FN2O2/c1-9-5-10(3-4-12(9)15)13(18)6-11-7-14(19-2)17-8-16-11/h3-5,7-8,13,18H,6H2,1-2H3. The maximum absolute atomic E-state index is 13.2. The first-order chi connectivity index (χ1) is 9.10. The molecule has 4 nitrogen and oxygen atoms in total. The highest BCUT2D eigenvalue weighted by atomic mass is 19.1. The second-order valence-corrected chi connectivity index (χ2v) is 4.28. The third kappa shape index (κ3) is 3.26. The number of halogens is 1. The van der Waals surface area contributed by atoms with E-state index >= 15 is 0 Å². The van der Waals surface area contributed by atoms with Gasteiger partial charge in [-0.1, -0.05) is 12.1 Å². The molecule has 2 aromatic rings. The van der Waals surface area contributed by atoms with Crippen molar-refractivity contribution in [2.75, 3.05) is 7.11 Å². The fourth-order valence-corrected chi connectivity index (χ4v) is 1.79. The van der Waals surface area contributed by atoms with Crippen molar-refractivity contribution in [2.24, 2.45) is 0 Å². The van der Waals surface area contributed by atoms with Crippen LogP contribution in [0.4, 0.5) is 4.39 Å². The number of methoxy groups -OCH3 is 1. The molecule has 0 amide bonds. The summed E-state index contributed by atoms with van der Waals surface area (Å²) in [6.45, 7) is 1.67. The Labute approximate surface area is 110 Å². The Morgan fingerprint density at radius 1 is 1.32 bits per heavy atom. The molecule has 19 heavy (non-hydrogen) atoms. The van der Waals surface area contributed by atoms with Gasteiger partial charge in [-0.05, 0) is 24.1 Å². The monoisotopic (exact) mass is 262 g/mol. The maximum atomic E-state index is 13.2. The van der Waals surface area contributed by atoms with Crippen LogP contribution < -0.4 is 4.74 Å². The van der Waals surface area contributed by atoms with Crippen LogP contribution in [-0.2, 0) is 6.42 Å². The molecule has 100 valence electrons. The summed E-state index contributed by atoms with van der Waals surface area (Å²) < 4.78 is 18.2. The Bertz CT molecular complexity index is 575. The zero-order chi connectivity index (χ0) is 13.8. The number of aryl methyl sites for hydroxylation is 1. The van der Waals surface area contributed by atoms with Crippen LogP contribution in [0.5, 0.6) is 5.88 Å². The molecule has 0 aliphatic heterocycles. The lowest BCUT2D eigenvalue weighted by atomic mass is 10.0. The SMILES string of the molecule is COc1cc(CC(O)c2ccc(F)c(C)c2)ncn1. The van der Waals surface area contributed by atoms with Gasteiger partial charge in [0.25, 0.3) is 0 Å². The van der Waals surface area contributed by atoms with Crippen molar-refractivity contribution in [3.05, 3.63) is 53.2 Å². The van der Waals surface area contributed by atoms with Crippen LogP contribution in [0, 0.1) is 12.7 Å². The molecular weight excluding hydrogens is 247 g/mol. The molecule has 0 aliphatic carbocycles. The van der Waals surface area contributed by atoms with Crippen LogP contribution >= 0.6 is 0 Å². The molecule has 0 bridgehead atoms. The zero-order valence-corrected chi connectivity index (χ0v) is 10.8. The predicted molar refractivity (Wildman–Crippen MR) is 68.4 cm³/mol. The van der Waals surface area contributed by atoms with Gasteiger partial charge in [-0.15, -0.1) is 0 Å². The van der Waals surface area contributed by atoms with Gasteiger partial charge in [0.2, 0.25) is 5.88 Å². The van der Waals surface area contributed by atoms with Crippen LogP contribution in [0.25, 0.3) is 0 Å². The average Bonchev–Trinajstić information content (AvgIpc) is 2.42. The van der Waals surface area contributed by atoms with Crippen molar-refractivity contribution < 1.29 is 14.2 Å². The summed E-state index contributed by atoms with van der Waals surface area (Å²) in [4.78, 5) is 7.97. The van der Waals surface area contributed by atoms with Gasteiger partial charge in [-0.2, -0.15) is 0 Å². The summed E-state index contributed by atoms with van der Waals surface area (Å²) >= 11 is 0. The number of nitrogens with zero attached hydrogens (tertiary/aromatic N) is 2. The minimum atomic E-state index is -0.737. The lowest BCUT2D eigenvalue weighted by Crippen LogP contribution is -2.05. The van der Waals surface area contributed by atoms with Gasteiger partial charge in [-0.25, -0.2) is 14.4 Å².